The van der Waals surface area contributed by atoms with Crippen molar-refractivity contribution in [2.75, 3.05) is 20.1 Å². The third-order valence-electron chi connectivity index (χ3n) is 4.82. The van der Waals surface area contributed by atoms with Gasteiger partial charge in [0.1, 0.15) is 11.3 Å². The maximum Gasteiger partial charge on any atom is 0.194 e. The number of ether oxygens (including phenoxy) is 1. The summed E-state index contributed by atoms with van der Waals surface area (Å²) in [7, 11) is 1.84. The first kappa shape index (κ1) is 22.0. The van der Waals surface area contributed by atoms with Gasteiger partial charge in [0, 0.05) is 31.1 Å². The summed E-state index contributed by atoms with van der Waals surface area (Å²) < 4.78 is 12.1. The summed E-state index contributed by atoms with van der Waals surface area (Å²) in [4.78, 5) is 6.77. The molecule has 0 aliphatic carbocycles. The van der Waals surface area contributed by atoms with Gasteiger partial charge in [-0.25, -0.2) is 0 Å². The third-order valence-corrected chi connectivity index (χ3v) is 4.82. The molecular formula is C21H32IN3O2. The lowest BCUT2D eigenvalue weighted by molar-refractivity contribution is -0.0772. The Balaban J connectivity index is 0.00000261. The molecular weight excluding hydrogens is 453 g/mol. The Labute approximate surface area is 179 Å². The van der Waals surface area contributed by atoms with Crippen molar-refractivity contribution < 1.29 is 9.15 Å². The summed E-state index contributed by atoms with van der Waals surface area (Å²) >= 11 is 0. The number of nitrogens with zero attached hydrogens (tertiary/aromatic N) is 2. The average Bonchev–Trinajstić information content (AvgIpc) is 2.92. The van der Waals surface area contributed by atoms with Crippen molar-refractivity contribution >= 4 is 40.9 Å². The third kappa shape index (κ3) is 5.60. The van der Waals surface area contributed by atoms with Crippen LogP contribution in [0.5, 0.6) is 0 Å². The predicted octanol–water partition coefficient (Wildman–Crippen LogP) is 4.71. The number of hydrogen-bond donors (Lipinski definition) is 1. The van der Waals surface area contributed by atoms with E-state index in [2.05, 4.69) is 49.0 Å². The molecule has 6 heteroatoms. The van der Waals surface area contributed by atoms with E-state index in [1.54, 1.807) is 0 Å². The summed E-state index contributed by atoms with van der Waals surface area (Å²) in [5.74, 6) is 1.90. The van der Waals surface area contributed by atoms with E-state index in [1.165, 1.54) is 10.9 Å². The zero-order valence-electron chi connectivity index (χ0n) is 17.0. The number of likely N-dealkylation sites (tertiary alicyclic amines) is 1. The molecule has 1 aromatic carbocycles. The molecule has 1 aromatic heterocycles. The summed E-state index contributed by atoms with van der Waals surface area (Å²) in [5.41, 5.74) is 2.06. The van der Waals surface area contributed by atoms with E-state index in [9.17, 15) is 0 Å². The van der Waals surface area contributed by atoms with Crippen LogP contribution >= 0.6 is 24.0 Å². The van der Waals surface area contributed by atoms with Gasteiger partial charge in [-0.2, -0.15) is 0 Å². The van der Waals surface area contributed by atoms with Crippen molar-refractivity contribution in [3.05, 3.63) is 35.6 Å². The van der Waals surface area contributed by atoms with Crippen molar-refractivity contribution in [3.8, 4) is 0 Å². The molecule has 27 heavy (non-hydrogen) atoms. The highest BCUT2D eigenvalue weighted by atomic mass is 127. The zero-order chi connectivity index (χ0) is 18.7. The summed E-state index contributed by atoms with van der Waals surface area (Å²) in [6.45, 7) is 11.0. The average molecular weight is 485 g/mol. The SMILES string of the molecule is CN=C(NCc1oc2ccccc2c1C)N1CCC(OC(C)(C)C)CC1.I. The minimum atomic E-state index is -0.0778. The van der Waals surface area contributed by atoms with Crippen molar-refractivity contribution in [2.45, 2.75) is 58.8 Å². The highest BCUT2D eigenvalue weighted by Gasteiger charge is 2.25. The number of aliphatic imine (C=N–C) groups is 1. The Kier molecular flexibility index (Phi) is 7.56. The number of guanidine groups is 1. The molecule has 3 rings (SSSR count). The van der Waals surface area contributed by atoms with E-state index in [4.69, 9.17) is 9.15 Å². The van der Waals surface area contributed by atoms with Gasteiger partial charge in [-0.1, -0.05) is 18.2 Å². The molecule has 1 saturated heterocycles. The number of hydrogen-bond acceptors (Lipinski definition) is 3. The Morgan fingerprint density at radius 1 is 1.26 bits per heavy atom. The molecule has 2 aromatic rings. The molecule has 0 spiro atoms. The van der Waals surface area contributed by atoms with Crippen LogP contribution in [-0.4, -0.2) is 42.7 Å². The van der Waals surface area contributed by atoms with Gasteiger partial charge in [0.25, 0.3) is 0 Å². The van der Waals surface area contributed by atoms with Crippen LogP contribution in [0.3, 0.4) is 0 Å². The lowest BCUT2D eigenvalue weighted by Crippen LogP contribution is -2.47. The van der Waals surface area contributed by atoms with E-state index >= 15 is 0 Å². The van der Waals surface area contributed by atoms with Crippen LogP contribution in [0.15, 0.2) is 33.7 Å². The van der Waals surface area contributed by atoms with Crippen LogP contribution in [-0.2, 0) is 11.3 Å². The fraction of sp³-hybridized carbons (Fsp3) is 0.571. The second-order valence-corrected chi connectivity index (χ2v) is 7.96. The van der Waals surface area contributed by atoms with Crippen LogP contribution in [0, 0.1) is 6.92 Å². The molecule has 0 unspecified atom stereocenters. The quantitative estimate of drug-likeness (QED) is 0.389. The molecule has 5 nitrogen and oxygen atoms in total. The molecule has 150 valence electrons. The normalized spacial score (nSPS) is 16.5. The number of rotatable bonds is 3. The van der Waals surface area contributed by atoms with Crippen LogP contribution < -0.4 is 5.32 Å². The smallest absolute Gasteiger partial charge is 0.194 e. The second-order valence-electron chi connectivity index (χ2n) is 7.96. The van der Waals surface area contributed by atoms with Gasteiger partial charge in [-0.3, -0.25) is 4.99 Å². The number of halogens is 1. The van der Waals surface area contributed by atoms with E-state index in [-0.39, 0.29) is 29.6 Å². The number of nitrogens with one attached hydrogen (secondary N) is 1. The lowest BCUT2D eigenvalue weighted by Gasteiger charge is -2.36. The van der Waals surface area contributed by atoms with E-state index in [0.29, 0.717) is 12.6 Å². The van der Waals surface area contributed by atoms with Gasteiger partial charge in [0.15, 0.2) is 5.96 Å². The van der Waals surface area contributed by atoms with Crippen LogP contribution in [0.2, 0.25) is 0 Å². The number of benzene rings is 1. The highest BCUT2D eigenvalue weighted by Crippen LogP contribution is 2.25. The molecule has 1 aliphatic rings. The lowest BCUT2D eigenvalue weighted by atomic mass is 10.1. The number of fused-ring (bicyclic) bond motifs is 1. The molecule has 0 bridgehead atoms. The minimum absolute atomic E-state index is 0. The van der Waals surface area contributed by atoms with Crippen LogP contribution in [0.1, 0.15) is 44.9 Å². The number of furan rings is 1. The van der Waals surface area contributed by atoms with Gasteiger partial charge >= 0.3 is 0 Å². The van der Waals surface area contributed by atoms with Crippen LogP contribution in [0.25, 0.3) is 11.0 Å². The molecule has 2 heterocycles. The monoisotopic (exact) mass is 485 g/mol. The minimum Gasteiger partial charge on any atom is -0.459 e. The van der Waals surface area contributed by atoms with Gasteiger partial charge in [-0.15, -0.1) is 24.0 Å². The second kappa shape index (κ2) is 9.28. The maximum absolute atomic E-state index is 6.12. The number of aryl methyl sites for hydroxylation is 1. The van der Waals surface area contributed by atoms with Crippen molar-refractivity contribution in [2.24, 2.45) is 4.99 Å². The summed E-state index contributed by atoms with van der Waals surface area (Å²) in [6.07, 6.45) is 2.39. The van der Waals surface area contributed by atoms with Crippen molar-refractivity contribution in [1.29, 1.82) is 0 Å². The van der Waals surface area contributed by atoms with E-state index in [1.807, 2.05) is 25.2 Å². The molecule has 0 radical (unpaired) electrons. The first-order valence-corrected chi connectivity index (χ1v) is 9.48. The first-order chi connectivity index (χ1) is 12.4. The Morgan fingerprint density at radius 2 is 1.93 bits per heavy atom. The largest absolute Gasteiger partial charge is 0.459 e. The molecule has 1 fully saturated rings. The highest BCUT2D eigenvalue weighted by molar-refractivity contribution is 14.0. The van der Waals surface area contributed by atoms with Crippen LogP contribution in [0.4, 0.5) is 0 Å². The molecule has 1 aliphatic heterocycles. The Bertz CT molecular complexity index is 771. The van der Waals surface area contributed by atoms with Crippen molar-refractivity contribution in [1.82, 2.24) is 10.2 Å². The fourth-order valence-corrected chi connectivity index (χ4v) is 3.57. The zero-order valence-corrected chi connectivity index (χ0v) is 19.4. The first-order valence-electron chi connectivity index (χ1n) is 9.48. The molecule has 1 N–H and O–H groups in total. The molecule has 0 amide bonds. The van der Waals surface area contributed by atoms with Gasteiger partial charge < -0.3 is 19.4 Å². The van der Waals surface area contributed by atoms with E-state index < -0.39 is 0 Å². The summed E-state index contributed by atoms with van der Waals surface area (Å²) in [5, 5.41) is 4.64. The Morgan fingerprint density at radius 3 is 2.52 bits per heavy atom. The molecule has 0 atom stereocenters. The fourth-order valence-electron chi connectivity index (χ4n) is 3.57. The van der Waals surface area contributed by atoms with Gasteiger partial charge in [0.05, 0.1) is 18.2 Å². The standard InChI is InChI=1S/C21H31N3O2.HI/c1-15-17-8-6-7-9-18(17)25-19(15)14-23-20(22-5)24-12-10-16(11-13-24)26-21(2,3)4;/h6-9,16H,10-14H2,1-5H3,(H,22,23);1H. The van der Waals surface area contributed by atoms with Crippen molar-refractivity contribution in [3.63, 3.8) is 0 Å². The van der Waals surface area contributed by atoms with E-state index in [0.717, 1.165) is 43.2 Å². The van der Waals surface area contributed by atoms with Gasteiger partial charge in [0.2, 0.25) is 0 Å². The Hall–Kier alpha value is -1.28. The number of piperidine rings is 1. The van der Waals surface area contributed by atoms with Gasteiger partial charge in [-0.05, 0) is 46.6 Å². The summed E-state index contributed by atoms with van der Waals surface area (Å²) in [6, 6.07) is 8.17. The topological polar surface area (TPSA) is 50.0 Å². The molecule has 0 saturated carbocycles. The predicted molar refractivity (Wildman–Crippen MR) is 122 cm³/mol. The number of para-hydroxylation sites is 1. The maximum atomic E-state index is 6.12.